The zero-order valence-electron chi connectivity index (χ0n) is 8.41. The van der Waals surface area contributed by atoms with Crippen LogP contribution >= 0.6 is 8.58 Å². The molecular weight excluding hydrogens is 191 g/mol. The van der Waals surface area contributed by atoms with E-state index in [9.17, 15) is 0 Å². The molecule has 0 bridgehead atoms. The highest BCUT2D eigenvalue weighted by Crippen LogP contribution is 2.32. The smallest absolute Gasteiger partial charge is 0.0717 e. The summed E-state index contributed by atoms with van der Waals surface area (Å²) < 4.78 is 5.71. The van der Waals surface area contributed by atoms with Crippen molar-refractivity contribution in [3.63, 3.8) is 0 Å². The van der Waals surface area contributed by atoms with Gasteiger partial charge in [-0.05, 0) is 30.2 Å². The fourth-order valence-corrected chi connectivity index (χ4v) is 3.25. The van der Waals surface area contributed by atoms with Crippen LogP contribution < -0.4 is 0 Å². The standard InChI is InChI=1S/C12H17OP/c1-2-5-11(6-3-1)9-13-10-12-7-4-8-14-12/h1-3,5-6,12,14H,4,7-10H2. The molecule has 2 unspecified atom stereocenters. The maximum absolute atomic E-state index is 5.71. The quantitative estimate of drug-likeness (QED) is 0.691. The molecule has 1 aliphatic heterocycles. The van der Waals surface area contributed by atoms with Crippen molar-refractivity contribution in [2.24, 2.45) is 0 Å². The highest BCUT2D eigenvalue weighted by molar-refractivity contribution is 7.39. The summed E-state index contributed by atoms with van der Waals surface area (Å²) in [6, 6.07) is 10.4. The van der Waals surface area contributed by atoms with Crippen LogP contribution in [0.2, 0.25) is 0 Å². The van der Waals surface area contributed by atoms with Gasteiger partial charge in [-0.2, -0.15) is 0 Å². The molecule has 1 saturated heterocycles. The lowest BCUT2D eigenvalue weighted by Crippen LogP contribution is -2.06. The molecule has 0 N–H and O–H groups in total. The van der Waals surface area contributed by atoms with Gasteiger partial charge in [0.2, 0.25) is 0 Å². The number of rotatable bonds is 4. The van der Waals surface area contributed by atoms with Gasteiger partial charge < -0.3 is 4.74 Å². The minimum atomic E-state index is 0.780. The molecule has 1 aromatic rings. The van der Waals surface area contributed by atoms with Gasteiger partial charge in [-0.15, -0.1) is 8.58 Å². The van der Waals surface area contributed by atoms with E-state index < -0.39 is 0 Å². The van der Waals surface area contributed by atoms with Crippen molar-refractivity contribution in [3.8, 4) is 0 Å². The summed E-state index contributed by atoms with van der Waals surface area (Å²) in [5.41, 5.74) is 2.15. The number of ether oxygens (including phenoxy) is 1. The Kier molecular flexibility index (Phi) is 3.97. The van der Waals surface area contributed by atoms with Crippen LogP contribution in [0.25, 0.3) is 0 Å². The summed E-state index contributed by atoms with van der Waals surface area (Å²) in [5, 5.41) is 0. The Labute approximate surface area is 87.6 Å². The normalized spacial score (nSPS) is 23.0. The number of benzene rings is 1. The Morgan fingerprint density at radius 3 is 2.86 bits per heavy atom. The molecule has 0 amide bonds. The molecule has 1 aromatic carbocycles. The third-order valence-corrected chi connectivity index (χ3v) is 4.27. The van der Waals surface area contributed by atoms with Gasteiger partial charge in [-0.3, -0.25) is 0 Å². The van der Waals surface area contributed by atoms with Crippen molar-refractivity contribution in [2.45, 2.75) is 25.1 Å². The van der Waals surface area contributed by atoms with Crippen LogP contribution in [0.1, 0.15) is 18.4 Å². The Morgan fingerprint density at radius 1 is 1.29 bits per heavy atom. The third-order valence-electron chi connectivity index (χ3n) is 2.59. The Morgan fingerprint density at radius 2 is 2.14 bits per heavy atom. The summed E-state index contributed by atoms with van der Waals surface area (Å²) in [6.45, 7) is 1.75. The predicted molar refractivity (Wildman–Crippen MR) is 62.3 cm³/mol. The van der Waals surface area contributed by atoms with E-state index in [4.69, 9.17) is 4.74 Å². The van der Waals surface area contributed by atoms with Crippen molar-refractivity contribution >= 4 is 8.58 Å². The molecule has 0 spiro atoms. The van der Waals surface area contributed by atoms with Gasteiger partial charge >= 0.3 is 0 Å². The Balaban J connectivity index is 1.67. The number of hydrogen-bond donors (Lipinski definition) is 0. The first-order chi connectivity index (χ1) is 6.95. The Bertz CT molecular complexity index is 254. The highest BCUT2D eigenvalue weighted by atomic mass is 31.1. The van der Waals surface area contributed by atoms with Crippen molar-refractivity contribution < 1.29 is 4.74 Å². The van der Waals surface area contributed by atoms with Gasteiger partial charge in [0.1, 0.15) is 0 Å². The van der Waals surface area contributed by atoms with E-state index in [0.717, 1.165) is 27.5 Å². The third kappa shape index (κ3) is 3.08. The molecule has 1 nitrogen and oxygen atoms in total. The first kappa shape index (κ1) is 10.1. The van der Waals surface area contributed by atoms with Crippen LogP contribution in [0.3, 0.4) is 0 Å². The highest BCUT2D eigenvalue weighted by Gasteiger charge is 2.14. The van der Waals surface area contributed by atoms with E-state index in [2.05, 4.69) is 24.3 Å². The lowest BCUT2D eigenvalue weighted by atomic mass is 10.2. The second-order valence-electron chi connectivity index (χ2n) is 3.79. The maximum Gasteiger partial charge on any atom is 0.0717 e. The molecule has 1 fully saturated rings. The fraction of sp³-hybridized carbons (Fsp3) is 0.500. The molecule has 76 valence electrons. The van der Waals surface area contributed by atoms with Crippen molar-refractivity contribution in [2.75, 3.05) is 12.8 Å². The summed E-state index contributed by atoms with van der Waals surface area (Å²) in [4.78, 5) is 0. The fourth-order valence-electron chi connectivity index (χ4n) is 1.79. The van der Waals surface area contributed by atoms with Gasteiger partial charge in [-0.25, -0.2) is 0 Å². The van der Waals surface area contributed by atoms with Gasteiger partial charge in [0.25, 0.3) is 0 Å². The largest absolute Gasteiger partial charge is 0.376 e. The average molecular weight is 208 g/mol. The van der Waals surface area contributed by atoms with E-state index in [-0.39, 0.29) is 0 Å². The second kappa shape index (κ2) is 5.48. The van der Waals surface area contributed by atoms with E-state index in [1.807, 2.05) is 6.07 Å². The molecule has 14 heavy (non-hydrogen) atoms. The molecule has 2 atom stereocenters. The molecule has 2 rings (SSSR count). The monoisotopic (exact) mass is 208 g/mol. The van der Waals surface area contributed by atoms with Crippen molar-refractivity contribution in [3.05, 3.63) is 35.9 Å². The van der Waals surface area contributed by atoms with Gasteiger partial charge in [0.15, 0.2) is 0 Å². The lowest BCUT2D eigenvalue weighted by molar-refractivity contribution is 0.121. The van der Waals surface area contributed by atoms with Gasteiger partial charge in [0.05, 0.1) is 13.2 Å². The summed E-state index contributed by atoms with van der Waals surface area (Å²) in [6.07, 6.45) is 4.23. The zero-order valence-corrected chi connectivity index (χ0v) is 9.41. The summed E-state index contributed by atoms with van der Waals surface area (Å²) >= 11 is 0. The van der Waals surface area contributed by atoms with E-state index in [0.29, 0.717) is 0 Å². The van der Waals surface area contributed by atoms with Crippen LogP contribution in [0.5, 0.6) is 0 Å². The van der Waals surface area contributed by atoms with E-state index >= 15 is 0 Å². The maximum atomic E-state index is 5.71. The molecule has 0 radical (unpaired) electrons. The Hall–Kier alpha value is -0.390. The number of hydrogen-bond acceptors (Lipinski definition) is 1. The molecule has 0 saturated carbocycles. The zero-order chi connectivity index (χ0) is 9.64. The first-order valence-corrected chi connectivity index (χ1v) is 6.58. The molecular formula is C12H17OP. The van der Waals surface area contributed by atoms with Gasteiger partial charge in [-0.1, -0.05) is 30.3 Å². The predicted octanol–water partition coefficient (Wildman–Crippen LogP) is 3.04. The lowest BCUT2D eigenvalue weighted by Gasteiger charge is -2.09. The minimum absolute atomic E-state index is 0.780. The van der Waals surface area contributed by atoms with Crippen LogP contribution in [0.15, 0.2) is 30.3 Å². The van der Waals surface area contributed by atoms with Crippen molar-refractivity contribution in [1.82, 2.24) is 0 Å². The minimum Gasteiger partial charge on any atom is -0.376 e. The second-order valence-corrected chi connectivity index (χ2v) is 5.52. The average Bonchev–Trinajstić information content (AvgIpc) is 2.72. The SMILES string of the molecule is c1ccc(COCC2CCCP2)cc1. The van der Waals surface area contributed by atoms with Crippen LogP contribution in [0, 0.1) is 0 Å². The summed E-state index contributed by atoms with van der Waals surface area (Å²) in [5.74, 6) is 0. The molecule has 0 aliphatic carbocycles. The molecule has 0 aromatic heterocycles. The topological polar surface area (TPSA) is 9.23 Å². The van der Waals surface area contributed by atoms with Crippen LogP contribution in [-0.4, -0.2) is 18.4 Å². The molecule has 1 heterocycles. The van der Waals surface area contributed by atoms with E-state index in [1.165, 1.54) is 24.6 Å². The first-order valence-electron chi connectivity index (χ1n) is 5.30. The van der Waals surface area contributed by atoms with Crippen molar-refractivity contribution in [1.29, 1.82) is 0 Å². The molecule has 2 heteroatoms. The van der Waals surface area contributed by atoms with Crippen LogP contribution in [0.4, 0.5) is 0 Å². The molecule has 1 aliphatic rings. The van der Waals surface area contributed by atoms with E-state index in [1.54, 1.807) is 0 Å². The van der Waals surface area contributed by atoms with Gasteiger partial charge in [0, 0.05) is 0 Å². The summed E-state index contributed by atoms with van der Waals surface area (Å²) in [7, 11) is 1.14. The van der Waals surface area contributed by atoms with Crippen LogP contribution in [-0.2, 0) is 11.3 Å².